The van der Waals surface area contributed by atoms with E-state index >= 15 is 0 Å². The van der Waals surface area contributed by atoms with Crippen LogP contribution in [0.3, 0.4) is 0 Å². The van der Waals surface area contributed by atoms with Gasteiger partial charge in [0.25, 0.3) is 10.0 Å². The smallest absolute Gasteiger partial charge is 0.328 e. The zero-order valence-electron chi connectivity index (χ0n) is 17.5. The van der Waals surface area contributed by atoms with Gasteiger partial charge in [-0.3, -0.25) is 13.9 Å². The molecule has 0 unspecified atom stereocenters. The normalized spacial score (nSPS) is 11.5. The van der Waals surface area contributed by atoms with Gasteiger partial charge in [0.2, 0.25) is 0 Å². The number of anilines is 1. The number of aryl methyl sites for hydroxylation is 2. The Morgan fingerprint density at radius 2 is 1.44 bits per heavy atom. The molecule has 0 aliphatic rings. The Hall–Kier alpha value is -3.43. The van der Waals surface area contributed by atoms with Crippen molar-refractivity contribution >= 4 is 38.3 Å². The second kappa shape index (κ2) is 8.25. The summed E-state index contributed by atoms with van der Waals surface area (Å²) in [4.78, 5) is 12.4. The molecule has 4 aromatic rings. The fourth-order valence-corrected chi connectivity index (χ4v) is 4.47. The summed E-state index contributed by atoms with van der Waals surface area (Å²) in [5.41, 5.74) is 1.08. The SMILES string of the molecule is COc1ccc(Oc2cc3c(cc2NS(=O)(=O)c2ccc(Cl)cc2)n(C)c(=O)n3C)cc1. The largest absolute Gasteiger partial charge is 0.497 e. The minimum Gasteiger partial charge on any atom is -0.497 e. The van der Waals surface area contributed by atoms with E-state index in [4.69, 9.17) is 21.1 Å². The van der Waals surface area contributed by atoms with Gasteiger partial charge in [0, 0.05) is 25.2 Å². The highest BCUT2D eigenvalue weighted by molar-refractivity contribution is 7.92. The van der Waals surface area contributed by atoms with Crippen LogP contribution in [-0.4, -0.2) is 24.7 Å². The lowest BCUT2D eigenvalue weighted by Crippen LogP contribution is -2.19. The number of benzene rings is 3. The van der Waals surface area contributed by atoms with Crippen LogP contribution in [-0.2, 0) is 24.1 Å². The zero-order chi connectivity index (χ0) is 23.0. The average molecular weight is 474 g/mol. The Kier molecular flexibility index (Phi) is 5.62. The van der Waals surface area contributed by atoms with Crippen LogP contribution >= 0.6 is 11.6 Å². The molecule has 1 N–H and O–H groups in total. The number of halogens is 1. The molecular weight excluding hydrogens is 454 g/mol. The van der Waals surface area contributed by atoms with Gasteiger partial charge in [-0.2, -0.15) is 0 Å². The van der Waals surface area contributed by atoms with Crippen molar-refractivity contribution < 1.29 is 17.9 Å². The van der Waals surface area contributed by atoms with Crippen LogP contribution in [0.2, 0.25) is 5.02 Å². The second-order valence-corrected chi connectivity index (χ2v) is 9.19. The molecule has 0 aliphatic carbocycles. The predicted molar refractivity (Wildman–Crippen MR) is 123 cm³/mol. The second-order valence-electron chi connectivity index (χ2n) is 7.07. The lowest BCUT2D eigenvalue weighted by molar-refractivity contribution is 0.413. The van der Waals surface area contributed by atoms with E-state index in [0.717, 1.165) is 0 Å². The number of fused-ring (bicyclic) bond motifs is 1. The van der Waals surface area contributed by atoms with E-state index in [-0.39, 0.29) is 22.0 Å². The molecule has 0 spiro atoms. The Labute approximate surface area is 189 Å². The van der Waals surface area contributed by atoms with Gasteiger partial charge in [-0.05, 0) is 54.6 Å². The average Bonchev–Trinajstić information content (AvgIpc) is 2.98. The fourth-order valence-electron chi connectivity index (χ4n) is 3.28. The van der Waals surface area contributed by atoms with Gasteiger partial charge in [0.15, 0.2) is 5.75 Å². The molecule has 0 saturated heterocycles. The van der Waals surface area contributed by atoms with Gasteiger partial charge in [0.05, 0.1) is 28.7 Å². The van der Waals surface area contributed by atoms with Crippen LogP contribution in [0, 0.1) is 0 Å². The number of nitrogens with zero attached hydrogens (tertiary/aromatic N) is 2. The van der Waals surface area contributed by atoms with Gasteiger partial charge in [-0.1, -0.05) is 11.6 Å². The molecule has 0 bridgehead atoms. The molecule has 1 heterocycles. The minimum atomic E-state index is -3.94. The lowest BCUT2D eigenvalue weighted by atomic mass is 10.2. The summed E-state index contributed by atoms with van der Waals surface area (Å²) in [5, 5.41) is 0.424. The number of sulfonamides is 1. The zero-order valence-corrected chi connectivity index (χ0v) is 19.1. The van der Waals surface area contributed by atoms with Gasteiger partial charge >= 0.3 is 5.69 Å². The summed E-state index contributed by atoms with van der Waals surface area (Å²) in [6.07, 6.45) is 0. The van der Waals surface area contributed by atoms with E-state index in [1.54, 1.807) is 57.6 Å². The summed E-state index contributed by atoms with van der Waals surface area (Å²) in [7, 11) is 0.871. The third kappa shape index (κ3) is 4.04. The molecule has 8 nitrogen and oxygen atoms in total. The number of nitrogens with one attached hydrogen (secondary N) is 1. The highest BCUT2D eigenvalue weighted by Gasteiger charge is 2.20. The molecule has 10 heteroatoms. The molecule has 0 aliphatic heterocycles. The van der Waals surface area contributed by atoms with Crippen LogP contribution < -0.4 is 19.9 Å². The molecule has 4 rings (SSSR count). The van der Waals surface area contributed by atoms with E-state index in [1.165, 1.54) is 33.4 Å². The summed E-state index contributed by atoms with van der Waals surface area (Å²) < 4.78 is 42.6. The third-order valence-electron chi connectivity index (χ3n) is 5.03. The van der Waals surface area contributed by atoms with Crippen molar-refractivity contribution in [3.05, 3.63) is 76.2 Å². The monoisotopic (exact) mass is 473 g/mol. The van der Waals surface area contributed by atoms with Crippen LogP contribution in [0.4, 0.5) is 5.69 Å². The molecule has 0 radical (unpaired) electrons. The van der Waals surface area contributed by atoms with Crippen molar-refractivity contribution in [2.75, 3.05) is 11.8 Å². The Bertz CT molecular complexity index is 1460. The summed E-state index contributed by atoms with van der Waals surface area (Å²) in [5.74, 6) is 1.36. The van der Waals surface area contributed by atoms with E-state index in [1.807, 2.05) is 0 Å². The quantitative estimate of drug-likeness (QED) is 0.454. The molecule has 0 atom stereocenters. The maximum absolute atomic E-state index is 13.0. The van der Waals surface area contributed by atoms with Gasteiger partial charge in [0.1, 0.15) is 11.5 Å². The molecule has 1 aromatic heterocycles. The highest BCUT2D eigenvalue weighted by atomic mass is 35.5. The number of rotatable bonds is 6. The van der Waals surface area contributed by atoms with Crippen molar-refractivity contribution in [3.63, 3.8) is 0 Å². The lowest BCUT2D eigenvalue weighted by Gasteiger charge is -2.15. The first-order valence-corrected chi connectivity index (χ1v) is 11.4. The molecule has 32 heavy (non-hydrogen) atoms. The van der Waals surface area contributed by atoms with Crippen molar-refractivity contribution in [1.29, 1.82) is 0 Å². The number of ether oxygens (including phenoxy) is 2. The number of hydrogen-bond acceptors (Lipinski definition) is 5. The molecule has 3 aromatic carbocycles. The topological polar surface area (TPSA) is 91.6 Å². The molecule has 166 valence electrons. The Morgan fingerprint density at radius 1 is 0.875 bits per heavy atom. The minimum absolute atomic E-state index is 0.0411. The maximum Gasteiger partial charge on any atom is 0.328 e. The summed E-state index contributed by atoms with van der Waals surface area (Å²) in [6.45, 7) is 0. The van der Waals surface area contributed by atoms with Crippen LogP contribution in [0.5, 0.6) is 17.2 Å². The Morgan fingerprint density at radius 3 is 2.03 bits per heavy atom. The molecule has 0 saturated carbocycles. The van der Waals surface area contributed by atoms with Crippen molar-refractivity contribution in [1.82, 2.24) is 9.13 Å². The Balaban J connectivity index is 1.82. The van der Waals surface area contributed by atoms with Crippen molar-refractivity contribution in [2.45, 2.75) is 4.90 Å². The van der Waals surface area contributed by atoms with Gasteiger partial charge in [-0.15, -0.1) is 0 Å². The van der Waals surface area contributed by atoms with Crippen LogP contribution in [0.25, 0.3) is 11.0 Å². The van der Waals surface area contributed by atoms with E-state index in [2.05, 4.69) is 4.72 Å². The van der Waals surface area contributed by atoms with E-state index < -0.39 is 10.0 Å². The maximum atomic E-state index is 13.0. The number of methoxy groups -OCH3 is 1. The van der Waals surface area contributed by atoms with Crippen LogP contribution in [0.15, 0.2) is 70.4 Å². The third-order valence-corrected chi connectivity index (χ3v) is 6.66. The first kappa shape index (κ1) is 21.8. The highest BCUT2D eigenvalue weighted by Crippen LogP contribution is 2.35. The molecule has 0 fully saturated rings. The van der Waals surface area contributed by atoms with Crippen molar-refractivity contribution in [2.24, 2.45) is 14.1 Å². The first-order chi connectivity index (χ1) is 15.2. The summed E-state index contributed by atoms with van der Waals surface area (Å²) in [6, 6.07) is 15.9. The molecular formula is C22H20ClN3O5S. The molecule has 0 amide bonds. The number of aromatic nitrogens is 2. The standard InChI is InChI=1S/C22H20ClN3O5S/c1-25-19-12-18(24-32(28,29)17-10-4-14(23)5-11-17)21(13-20(19)26(2)22(25)27)31-16-8-6-15(30-3)7-9-16/h4-13,24H,1-3H3. The van der Waals surface area contributed by atoms with Crippen molar-refractivity contribution in [3.8, 4) is 17.2 Å². The van der Waals surface area contributed by atoms with Crippen LogP contribution in [0.1, 0.15) is 0 Å². The first-order valence-electron chi connectivity index (χ1n) is 9.49. The fraction of sp³-hybridized carbons (Fsp3) is 0.136. The number of imidazole rings is 1. The van der Waals surface area contributed by atoms with E-state index in [0.29, 0.717) is 27.6 Å². The van der Waals surface area contributed by atoms with E-state index in [9.17, 15) is 13.2 Å². The predicted octanol–water partition coefficient (Wildman–Crippen LogP) is 4.13. The number of hydrogen-bond donors (Lipinski definition) is 1. The van der Waals surface area contributed by atoms with Gasteiger partial charge in [-0.25, -0.2) is 13.2 Å². The van der Waals surface area contributed by atoms with Gasteiger partial charge < -0.3 is 9.47 Å². The summed E-state index contributed by atoms with van der Waals surface area (Å²) >= 11 is 5.88.